The standard InChI is InChI=1S/C33H41NO5/c1-3-5-7-11-16-32(36)34-21-12-15-30(34)31(35)24-28(33(37)39-25-27-13-9-8-10-14-27)23-26-17-19-29(20-18-26)38-22-6-4-2/h3-4,8-10,13-14,17-20,28,30H,1-2,5-7,11-12,15-16,21-25H2/t28-,30+/m1/s1. The Morgan fingerprint density at radius 1 is 0.949 bits per heavy atom. The van der Waals surface area contributed by atoms with Gasteiger partial charge in [-0.15, -0.1) is 13.2 Å². The van der Waals surface area contributed by atoms with Crippen LogP contribution in [0.4, 0.5) is 0 Å². The first kappa shape index (κ1) is 29.9. The molecule has 2 atom stereocenters. The van der Waals surface area contributed by atoms with Gasteiger partial charge >= 0.3 is 5.97 Å². The maximum Gasteiger partial charge on any atom is 0.310 e. The number of carbonyl (C=O) groups excluding carboxylic acids is 3. The molecule has 1 aliphatic heterocycles. The molecule has 0 spiro atoms. The summed E-state index contributed by atoms with van der Waals surface area (Å²) in [7, 11) is 0. The highest BCUT2D eigenvalue weighted by Gasteiger charge is 2.36. The summed E-state index contributed by atoms with van der Waals surface area (Å²) in [4.78, 5) is 41.3. The number of benzene rings is 2. The summed E-state index contributed by atoms with van der Waals surface area (Å²) < 4.78 is 11.3. The number of ether oxygens (including phenoxy) is 2. The lowest BCUT2D eigenvalue weighted by Gasteiger charge is -2.25. The van der Waals surface area contributed by atoms with E-state index < -0.39 is 17.9 Å². The van der Waals surface area contributed by atoms with E-state index in [0.29, 0.717) is 32.4 Å². The fourth-order valence-corrected chi connectivity index (χ4v) is 4.84. The average molecular weight is 532 g/mol. The van der Waals surface area contributed by atoms with Crippen molar-refractivity contribution in [1.29, 1.82) is 0 Å². The molecule has 1 fully saturated rings. The number of nitrogens with zero attached hydrogens (tertiary/aromatic N) is 1. The van der Waals surface area contributed by atoms with Gasteiger partial charge in [0.05, 0.1) is 18.6 Å². The third-order valence-electron chi connectivity index (χ3n) is 6.99. The van der Waals surface area contributed by atoms with Crippen LogP contribution in [-0.2, 0) is 32.1 Å². The van der Waals surface area contributed by atoms with Crippen LogP contribution < -0.4 is 4.74 Å². The van der Waals surface area contributed by atoms with Crippen molar-refractivity contribution in [2.45, 2.75) is 70.4 Å². The Labute approximate surface area is 232 Å². The van der Waals surface area contributed by atoms with Crippen molar-refractivity contribution in [3.05, 3.63) is 91.0 Å². The smallest absolute Gasteiger partial charge is 0.310 e. The molecular formula is C33H41NO5. The lowest BCUT2D eigenvalue weighted by Crippen LogP contribution is -2.41. The molecule has 39 heavy (non-hydrogen) atoms. The summed E-state index contributed by atoms with van der Waals surface area (Å²) in [6.07, 6.45) is 9.27. The van der Waals surface area contributed by atoms with E-state index in [0.717, 1.165) is 49.0 Å². The van der Waals surface area contributed by atoms with Crippen LogP contribution in [0.5, 0.6) is 5.75 Å². The minimum absolute atomic E-state index is 0.0187. The van der Waals surface area contributed by atoms with E-state index in [1.54, 1.807) is 11.0 Å². The summed E-state index contributed by atoms with van der Waals surface area (Å²) >= 11 is 0. The molecule has 0 aromatic heterocycles. The predicted molar refractivity (Wildman–Crippen MR) is 153 cm³/mol. The van der Waals surface area contributed by atoms with Gasteiger partial charge in [-0.2, -0.15) is 0 Å². The summed E-state index contributed by atoms with van der Waals surface area (Å²) in [5.41, 5.74) is 1.81. The molecule has 1 aliphatic rings. The molecule has 6 nitrogen and oxygen atoms in total. The normalized spacial score (nSPS) is 15.4. The van der Waals surface area contributed by atoms with Crippen LogP contribution in [0, 0.1) is 5.92 Å². The number of allylic oxidation sites excluding steroid dienone is 1. The number of hydrogen-bond acceptors (Lipinski definition) is 5. The van der Waals surface area contributed by atoms with Crippen LogP contribution in [0.2, 0.25) is 0 Å². The minimum Gasteiger partial charge on any atom is -0.493 e. The monoisotopic (exact) mass is 531 g/mol. The first-order valence-corrected chi connectivity index (χ1v) is 14.0. The lowest BCUT2D eigenvalue weighted by molar-refractivity contribution is -0.152. The van der Waals surface area contributed by atoms with Gasteiger partial charge < -0.3 is 14.4 Å². The van der Waals surface area contributed by atoms with Crippen LogP contribution in [0.3, 0.4) is 0 Å². The van der Waals surface area contributed by atoms with Gasteiger partial charge in [-0.05, 0) is 68.2 Å². The maximum absolute atomic E-state index is 13.5. The van der Waals surface area contributed by atoms with Crippen molar-refractivity contribution in [1.82, 2.24) is 4.90 Å². The quantitative estimate of drug-likeness (QED) is 0.137. The van der Waals surface area contributed by atoms with Crippen molar-refractivity contribution in [3.8, 4) is 5.75 Å². The SMILES string of the molecule is C=CCCCCC(=O)N1CCC[C@H]1C(=O)C[C@@H](Cc1ccc(OCCC=C)cc1)C(=O)OCc1ccccc1. The number of rotatable bonds is 17. The van der Waals surface area contributed by atoms with E-state index in [1.165, 1.54) is 0 Å². The second kappa shape index (κ2) is 16.3. The maximum atomic E-state index is 13.5. The molecule has 1 amide bonds. The number of Topliss-reactive ketones (excluding diaryl/α,β-unsaturated/α-hetero) is 1. The third-order valence-corrected chi connectivity index (χ3v) is 6.99. The van der Waals surface area contributed by atoms with Gasteiger partial charge in [0.25, 0.3) is 0 Å². The van der Waals surface area contributed by atoms with Gasteiger partial charge in [0.1, 0.15) is 12.4 Å². The largest absolute Gasteiger partial charge is 0.493 e. The number of unbranched alkanes of at least 4 members (excludes halogenated alkanes) is 2. The van der Waals surface area contributed by atoms with E-state index in [4.69, 9.17) is 9.47 Å². The molecule has 0 radical (unpaired) electrons. The van der Waals surface area contributed by atoms with Gasteiger partial charge in [-0.3, -0.25) is 14.4 Å². The van der Waals surface area contributed by atoms with Crippen molar-refractivity contribution in [2.75, 3.05) is 13.2 Å². The average Bonchev–Trinajstić information content (AvgIpc) is 3.46. The number of esters is 1. The van der Waals surface area contributed by atoms with Crippen molar-refractivity contribution >= 4 is 17.7 Å². The fourth-order valence-electron chi connectivity index (χ4n) is 4.84. The summed E-state index contributed by atoms with van der Waals surface area (Å²) in [5, 5.41) is 0. The second-order valence-electron chi connectivity index (χ2n) is 10.0. The third kappa shape index (κ3) is 9.86. The zero-order chi connectivity index (χ0) is 27.9. The van der Waals surface area contributed by atoms with Crippen LogP contribution >= 0.6 is 0 Å². The van der Waals surface area contributed by atoms with Gasteiger partial charge in [0, 0.05) is 19.4 Å². The fraction of sp³-hybridized carbons (Fsp3) is 0.424. The highest BCUT2D eigenvalue weighted by atomic mass is 16.5. The summed E-state index contributed by atoms with van der Waals surface area (Å²) in [6.45, 7) is 8.72. The van der Waals surface area contributed by atoms with Crippen LogP contribution in [-0.4, -0.2) is 41.8 Å². The Hall–Kier alpha value is -3.67. The molecule has 3 rings (SSSR count). The lowest BCUT2D eigenvalue weighted by atomic mass is 9.91. The number of ketones is 1. The van der Waals surface area contributed by atoms with E-state index in [1.807, 2.05) is 60.7 Å². The number of hydrogen-bond donors (Lipinski definition) is 0. The van der Waals surface area contributed by atoms with Crippen LogP contribution in [0.15, 0.2) is 79.9 Å². The first-order chi connectivity index (χ1) is 19.0. The molecule has 0 bridgehead atoms. The Bertz CT molecular complexity index is 1080. The minimum atomic E-state index is -0.640. The summed E-state index contributed by atoms with van der Waals surface area (Å²) in [6, 6.07) is 16.6. The molecular weight excluding hydrogens is 490 g/mol. The summed E-state index contributed by atoms with van der Waals surface area (Å²) in [5.74, 6) is -0.353. The highest BCUT2D eigenvalue weighted by Crippen LogP contribution is 2.25. The molecule has 0 N–H and O–H groups in total. The molecule has 0 unspecified atom stereocenters. The zero-order valence-corrected chi connectivity index (χ0v) is 22.9. The van der Waals surface area contributed by atoms with Gasteiger partial charge in [-0.25, -0.2) is 0 Å². The molecule has 6 heteroatoms. The molecule has 2 aromatic rings. The Kier molecular flexibility index (Phi) is 12.5. The molecule has 1 heterocycles. The van der Waals surface area contributed by atoms with Gasteiger partial charge in [0.2, 0.25) is 5.91 Å². The van der Waals surface area contributed by atoms with E-state index in [2.05, 4.69) is 13.2 Å². The molecule has 0 saturated carbocycles. The zero-order valence-electron chi connectivity index (χ0n) is 22.9. The van der Waals surface area contributed by atoms with Crippen LogP contribution in [0.25, 0.3) is 0 Å². The molecule has 1 saturated heterocycles. The number of amides is 1. The highest BCUT2D eigenvalue weighted by molar-refractivity contribution is 5.92. The second-order valence-corrected chi connectivity index (χ2v) is 10.0. The predicted octanol–water partition coefficient (Wildman–Crippen LogP) is 6.24. The van der Waals surface area contributed by atoms with Crippen LogP contribution in [0.1, 0.15) is 62.5 Å². The van der Waals surface area contributed by atoms with E-state index in [9.17, 15) is 14.4 Å². The first-order valence-electron chi connectivity index (χ1n) is 14.0. The number of likely N-dealkylation sites (tertiary alicyclic amines) is 1. The van der Waals surface area contributed by atoms with Gasteiger partial charge in [0.15, 0.2) is 5.78 Å². The molecule has 208 valence electrons. The van der Waals surface area contributed by atoms with E-state index >= 15 is 0 Å². The van der Waals surface area contributed by atoms with Crippen molar-refractivity contribution < 1.29 is 23.9 Å². The topological polar surface area (TPSA) is 72.9 Å². The van der Waals surface area contributed by atoms with Crippen molar-refractivity contribution in [3.63, 3.8) is 0 Å². The Balaban J connectivity index is 1.66. The van der Waals surface area contributed by atoms with Crippen molar-refractivity contribution in [2.24, 2.45) is 5.92 Å². The Morgan fingerprint density at radius 3 is 2.41 bits per heavy atom. The van der Waals surface area contributed by atoms with Gasteiger partial charge in [-0.1, -0.05) is 54.6 Å². The molecule has 0 aliphatic carbocycles. The van der Waals surface area contributed by atoms with E-state index in [-0.39, 0.29) is 24.7 Å². The number of carbonyl (C=O) groups is 3. The Morgan fingerprint density at radius 2 is 1.69 bits per heavy atom. The molecule has 2 aromatic carbocycles.